The van der Waals surface area contributed by atoms with Crippen LogP contribution in [0, 0.1) is 5.92 Å². The van der Waals surface area contributed by atoms with E-state index < -0.39 is 11.7 Å². The molecule has 1 aromatic rings. The summed E-state index contributed by atoms with van der Waals surface area (Å²) in [4.78, 5) is 35.1. The fourth-order valence-electron chi connectivity index (χ4n) is 2.13. The molecule has 1 aliphatic carbocycles. The molecule has 0 atom stereocenters. The Morgan fingerprint density at radius 1 is 1.20 bits per heavy atom. The molecule has 0 heterocycles. The predicted octanol–water partition coefficient (Wildman–Crippen LogP) is 1.83. The van der Waals surface area contributed by atoms with Gasteiger partial charge in [0, 0.05) is 19.0 Å². The summed E-state index contributed by atoms with van der Waals surface area (Å²) in [5.74, 6) is -2.22. The van der Waals surface area contributed by atoms with Gasteiger partial charge < -0.3 is 10.4 Å². The van der Waals surface area contributed by atoms with Gasteiger partial charge >= 0.3 is 0 Å². The van der Waals surface area contributed by atoms with Gasteiger partial charge in [-0.15, -0.1) is 0 Å². The van der Waals surface area contributed by atoms with Crippen molar-refractivity contribution in [3.63, 3.8) is 0 Å². The second kappa shape index (κ2) is 6.14. The number of hydrogen-bond acceptors (Lipinski definition) is 5. The largest absolute Gasteiger partial charge is 0.506 e. The van der Waals surface area contributed by atoms with Crippen LogP contribution in [0.1, 0.15) is 19.3 Å². The van der Waals surface area contributed by atoms with Crippen molar-refractivity contribution in [3.05, 3.63) is 36.5 Å². The van der Waals surface area contributed by atoms with Gasteiger partial charge in [0.25, 0.3) is 0 Å². The lowest BCUT2D eigenvalue weighted by Gasteiger charge is -2.16. The Bertz CT molecular complexity index is 561. The van der Waals surface area contributed by atoms with Gasteiger partial charge in [-0.3, -0.25) is 14.4 Å². The number of carbonyl (C=O) groups is 3. The van der Waals surface area contributed by atoms with Crippen LogP contribution < -0.4 is 5.32 Å². The monoisotopic (exact) mass is 273 g/mol. The minimum atomic E-state index is -1.15. The highest BCUT2D eigenvalue weighted by Gasteiger charge is 2.34. The molecule has 104 valence electrons. The number of phenolic OH excluding ortho intramolecular Hbond substituents is 1. The van der Waals surface area contributed by atoms with Crippen molar-refractivity contribution in [2.75, 3.05) is 5.32 Å². The molecule has 0 bridgehead atoms. The zero-order valence-corrected chi connectivity index (χ0v) is 10.8. The zero-order chi connectivity index (χ0) is 14.5. The normalized spacial score (nSPS) is 16.6. The highest BCUT2D eigenvalue weighted by atomic mass is 16.3. The molecule has 1 fully saturated rings. The minimum absolute atomic E-state index is 0.0504. The maximum absolute atomic E-state index is 11.9. The van der Waals surface area contributed by atoms with Gasteiger partial charge in [0.2, 0.25) is 0 Å². The highest BCUT2D eigenvalue weighted by molar-refractivity contribution is 6.23. The minimum Gasteiger partial charge on any atom is -0.506 e. The lowest BCUT2D eigenvalue weighted by molar-refractivity contribution is -0.140. The second-order valence-electron chi connectivity index (χ2n) is 4.62. The van der Waals surface area contributed by atoms with Crippen LogP contribution in [0.5, 0.6) is 5.75 Å². The summed E-state index contributed by atoms with van der Waals surface area (Å²) in [6.07, 6.45) is 3.58. The number of ketones is 3. The number of para-hydroxylation sites is 2. The molecule has 0 spiro atoms. The van der Waals surface area contributed by atoms with E-state index in [1.54, 1.807) is 18.2 Å². The molecule has 0 amide bonds. The number of hydrogen-bond donors (Lipinski definition) is 2. The third-order valence-corrected chi connectivity index (χ3v) is 3.17. The Morgan fingerprint density at radius 3 is 2.50 bits per heavy atom. The summed E-state index contributed by atoms with van der Waals surface area (Å²) in [7, 11) is 0. The fourth-order valence-corrected chi connectivity index (χ4v) is 2.13. The Labute approximate surface area is 116 Å². The van der Waals surface area contributed by atoms with Gasteiger partial charge in [0.1, 0.15) is 11.7 Å². The number of allylic oxidation sites excluding steroid dienone is 1. The molecule has 2 N–H and O–H groups in total. The number of carbonyl (C=O) groups excluding carboxylic acids is 3. The van der Waals surface area contributed by atoms with Crippen molar-refractivity contribution >= 4 is 23.0 Å². The van der Waals surface area contributed by atoms with Crippen LogP contribution in [0.3, 0.4) is 0 Å². The van der Waals surface area contributed by atoms with Crippen molar-refractivity contribution < 1.29 is 19.5 Å². The average Bonchev–Trinajstić information content (AvgIpc) is 2.41. The lowest BCUT2D eigenvalue weighted by atomic mass is 9.84. The van der Waals surface area contributed by atoms with E-state index in [9.17, 15) is 19.5 Å². The van der Waals surface area contributed by atoms with Gasteiger partial charge in [0.15, 0.2) is 17.3 Å². The number of rotatable bonds is 4. The Morgan fingerprint density at radius 2 is 1.85 bits per heavy atom. The van der Waals surface area contributed by atoms with E-state index in [1.807, 2.05) is 0 Å². The van der Waals surface area contributed by atoms with Crippen LogP contribution in [-0.4, -0.2) is 22.5 Å². The van der Waals surface area contributed by atoms with Crippen molar-refractivity contribution in [2.45, 2.75) is 19.3 Å². The van der Waals surface area contributed by atoms with Crippen molar-refractivity contribution in [3.8, 4) is 5.75 Å². The standard InChI is InChI=1S/C15H15NO4/c17-11-5-2-1-4-10(11)16-9-8-14(20)15-12(18)6-3-7-13(15)19/h1-2,4-5,8-9,15-17H,3,6-7H2. The molecule has 0 saturated heterocycles. The van der Waals surface area contributed by atoms with Crippen LogP contribution in [0.15, 0.2) is 36.5 Å². The maximum atomic E-state index is 11.9. The summed E-state index contributed by atoms with van der Waals surface area (Å²) in [6, 6.07) is 6.55. The first-order valence-corrected chi connectivity index (χ1v) is 6.40. The first-order valence-electron chi connectivity index (χ1n) is 6.40. The Kier molecular flexibility index (Phi) is 4.30. The molecule has 5 nitrogen and oxygen atoms in total. The van der Waals surface area contributed by atoms with Gasteiger partial charge in [0.05, 0.1) is 5.69 Å². The number of anilines is 1. The molecular formula is C15H15NO4. The molecule has 5 heteroatoms. The molecule has 0 aromatic heterocycles. The van der Waals surface area contributed by atoms with Gasteiger partial charge in [-0.1, -0.05) is 12.1 Å². The summed E-state index contributed by atoms with van der Waals surface area (Å²) >= 11 is 0. The molecule has 1 aromatic carbocycles. The SMILES string of the molecule is O=C(C=CNc1ccccc1O)C1C(=O)CCCC1=O. The maximum Gasteiger partial charge on any atom is 0.175 e. The molecule has 0 radical (unpaired) electrons. The Balaban J connectivity index is 2.00. The summed E-state index contributed by atoms with van der Waals surface area (Å²) < 4.78 is 0. The second-order valence-corrected chi connectivity index (χ2v) is 4.62. The molecule has 1 aliphatic rings. The van der Waals surface area contributed by atoms with E-state index in [1.165, 1.54) is 12.3 Å². The first-order chi connectivity index (χ1) is 9.59. The van der Waals surface area contributed by atoms with Crippen molar-refractivity contribution in [1.29, 1.82) is 0 Å². The number of benzene rings is 1. The molecule has 1 saturated carbocycles. The summed E-state index contributed by atoms with van der Waals surface area (Å²) in [5.41, 5.74) is 0.442. The van der Waals surface area contributed by atoms with E-state index in [2.05, 4.69) is 5.32 Å². The van der Waals surface area contributed by atoms with E-state index in [0.29, 0.717) is 12.1 Å². The number of nitrogens with one attached hydrogen (secondary N) is 1. The van der Waals surface area contributed by atoms with E-state index >= 15 is 0 Å². The summed E-state index contributed by atoms with van der Waals surface area (Å²) in [5, 5.41) is 12.3. The molecule has 2 rings (SSSR count). The molecule has 0 aliphatic heterocycles. The van der Waals surface area contributed by atoms with E-state index in [-0.39, 0.29) is 30.2 Å². The van der Waals surface area contributed by atoms with Crippen LogP contribution in [0.25, 0.3) is 0 Å². The van der Waals surface area contributed by atoms with Crippen molar-refractivity contribution in [2.24, 2.45) is 5.92 Å². The lowest BCUT2D eigenvalue weighted by Crippen LogP contribution is -2.34. The van der Waals surface area contributed by atoms with Crippen molar-refractivity contribution in [1.82, 2.24) is 0 Å². The predicted molar refractivity (Wildman–Crippen MR) is 73.2 cm³/mol. The third-order valence-electron chi connectivity index (χ3n) is 3.17. The molecule has 0 unspecified atom stereocenters. The van der Waals surface area contributed by atoms with E-state index in [4.69, 9.17) is 0 Å². The average molecular weight is 273 g/mol. The smallest absolute Gasteiger partial charge is 0.175 e. The van der Waals surface area contributed by atoms with Gasteiger partial charge in [-0.2, -0.15) is 0 Å². The quantitative estimate of drug-likeness (QED) is 0.496. The number of aromatic hydroxyl groups is 1. The fraction of sp³-hybridized carbons (Fsp3) is 0.267. The number of Topliss-reactive ketones (excluding diaryl/α,β-unsaturated/α-hetero) is 2. The van der Waals surface area contributed by atoms with Gasteiger partial charge in [-0.05, 0) is 24.6 Å². The third kappa shape index (κ3) is 3.12. The zero-order valence-electron chi connectivity index (χ0n) is 10.8. The van der Waals surface area contributed by atoms with Crippen LogP contribution in [-0.2, 0) is 14.4 Å². The van der Waals surface area contributed by atoms with Gasteiger partial charge in [-0.25, -0.2) is 0 Å². The summed E-state index contributed by atoms with van der Waals surface area (Å²) in [6.45, 7) is 0. The topological polar surface area (TPSA) is 83.5 Å². The first kappa shape index (κ1) is 14.0. The number of phenols is 1. The molecule has 20 heavy (non-hydrogen) atoms. The van der Waals surface area contributed by atoms with E-state index in [0.717, 1.165) is 6.08 Å². The van der Waals surface area contributed by atoms with Crippen LogP contribution >= 0.6 is 0 Å². The molecular weight excluding hydrogens is 258 g/mol. The van der Waals surface area contributed by atoms with Crippen LogP contribution in [0.2, 0.25) is 0 Å². The Hall–Kier alpha value is -2.43. The highest BCUT2D eigenvalue weighted by Crippen LogP contribution is 2.22. The van der Waals surface area contributed by atoms with Crippen LogP contribution in [0.4, 0.5) is 5.69 Å².